The summed E-state index contributed by atoms with van der Waals surface area (Å²) in [6.07, 6.45) is 4.29. The average molecular weight is 319 g/mol. The molecule has 3 N–H and O–H groups in total. The van der Waals surface area contributed by atoms with Crippen molar-refractivity contribution in [2.75, 3.05) is 6.54 Å². The van der Waals surface area contributed by atoms with Gasteiger partial charge in [0.05, 0.1) is 5.94 Å². The van der Waals surface area contributed by atoms with Gasteiger partial charge in [0.15, 0.2) is 0 Å². The number of hydrogen-bond acceptors (Lipinski definition) is 5. The first-order chi connectivity index (χ1) is 10.9. The van der Waals surface area contributed by atoms with Gasteiger partial charge in [0.25, 0.3) is 5.91 Å². The van der Waals surface area contributed by atoms with E-state index >= 15 is 0 Å². The van der Waals surface area contributed by atoms with Gasteiger partial charge in [-0.1, -0.05) is 13.8 Å². The molecule has 0 bridgehead atoms. The minimum absolute atomic E-state index is 0.120. The molecule has 0 saturated carbocycles. The highest BCUT2D eigenvalue weighted by Gasteiger charge is 2.40. The summed E-state index contributed by atoms with van der Waals surface area (Å²) in [7, 11) is -1.56. The highest BCUT2D eigenvalue weighted by molar-refractivity contribution is 6.43. The second-order valence-corrected chi connectivity index (χ2v) is 6.09. The van der Waals surface area contributed by atoms with Crippen LogP contribution in [0.3, 0.4) is 0 Å². The number of nitrogens with zero attached hydrogens (tertiary/aromatic N) is 2. The van der Waals surface area contributed by atoms with Gasteiger partial charge in [-0.3, -0.25) is 14.6 Å². The van der Waals surface area contributed by atoms with Crippen LogP contribution in [0.15, 0.2) is 24.5 Å². The number of carbonyl (C=O) groups is 2. The zero-order valence-electron chi connectivity index (χ0n) is 13.3. The Morgan fingerprint density at radius 3 is 2.57 bits per heavy atom. The Labute approximate surface area is 135 Å². The predicted molar refractivity (Wildman–Crippen MR) is 85.3 cm³/mol. The Morgan fingerprint density at radius 2 is 2.00 bits per heavy atom. The lowest BCUT2D eigenvalue weighted by Gasteiger charge is -2.30. The van der Waals surface area contributed by atoms with Crippen LogP contribution < -0.4 is 5.32 Å². The molecule has 1 aliphatic heterocycles. The molecule has 1 fully saturated rings. The zero-order valence-corrected chi connectivity index (χ0v) is 13.3. The molecule has 0 unspecified atom stereocenters. The lowest BCUT2D eigenvalue weighted by molar-refractivity contribution is -0.134. The fraction of sp³-hybridized carbons (Fsp3) is 0.533. The minimum Gasteiger partial charge on any atom is -0.426 e. The largest absolute Gasteiger partial charge is 0.475 e. The number of rotatable bonds is 5. The molecule has 1 aromatic heterocycles. The van der Waals surface area contributed by atoms with E-state index in [4.69, 9.17) is 0 Å². The summed E-state index contributed by atoms with van der Waals surface area (Å²) in [5.41, 5.74) is 0.429. The molecule has 2 heterocycles. The highest BCUT2D eigenvalue weighted by Crippen LogP contribution is 2.21. The molecule has 2 atom stereocenters. The fourth-order valence-electron chi connectivity index (χ4n) is 2.80. The lowest BCUT2D eigenvalue weighted by atomic mass is 9.77. The van der Waals surface area contributed by atoms with Crippen LogP contribution in [0, 0.1) is 5.92 Å². The van der Waals surface area contributed by atoms with Crippen molar-refractivity contribution in [3.05, 3.63) is 30.1 Å². The topological polar surface area (TPSA) is 103 Å². The van der Waals surface area contributed by atoms with E-state index in [1.165, 1.54) is 17.3 Å². The van der Waals surface area contributed by atoms with Gasteiger partial charge in [0.1, 0.15) is 6.04 Å². The van der Waals surface area contributed by atoms with Crippen molar-refractivity contribution in [2.24, 2.45) is 5.92 Å². The summed E-state index contributed by atoms with van der Waals surface area (Å²) in [4.78, 5) is 30.4. The van der Waals surface area contributed by atoms with Crippen LogP contribution in [0.1, 0.15) is 37.0 Å². The van der Waals surface area contributed by atoms with Crippen molar-refractivity contribution < 1.29 is 19.6 Å². The van der Waals surface area contributed by atoms with E-state index in [0.29, 0.717) is 18.5 Å². The van der Waals surface area contributed by atoms with Gasteiger partial charge in [0.2, 0.25) is 5.91 Å². The molecule has 8 heteroatoms. The summed E-state index contributed by atoms with van der Waals surface area (Å²) >= 11 is 0. The highest BCUT2D eigenvalue weighted by atomic mass is 16.4. The predicted octanol–water partition coefficient (Wildman–Crippen LogP) is -0.161. The maximum atomic E-state index is 12.7. The number of nitrogens with one attached hydrogen (secondary N) is 1. The van der Waals surface area contributed by atoms with Crippen molar-refractivity contribution in [2.45, 2.75) is 38.7 Å². The Hall–Kier alpha value is -1.93. The zero-order chi connectivity index (χ0) is 17.0. The van der Waals surface area contributed by atoms with Crippen molar-refractivity contribution in [1.29, 1.82) is 0 Å². The molecular formula is C15H22BN3O4. The van der Waals surface area contributed by atoms with Crippen molar-refractivity contribution in [3.8, 4) is 0 Å². The Bertz CT molecular complexity index is 553. The van der Waals surface area contributed by atoms with Gasteiger partial charge in [-0.15, -0.1) is 0 Å². The molecule has 1 saturated heterocycles. The van der Waals surface area contributed by atoms with E-state index in [1.807, 2.05) is 13.8 Å². The number of pyridine rings is 1. The first kappa shape index (κ1) is 17.4. The maximum absolute atomic E-state index is 12.7. The summed E-state index contributed by atoms with van der Waals surface area (Å²) in [5, 5.41) is 21.6. The Balaban J connectivity index is 2.12. The summed E-state index contributed by atoms with van der Waals surface area (Å²) < 4.78 is 0. The number of hydrogen-bond donors (Lipinski definition) is 3. The quantitative estimate of drug-likeness (QED) is 0.655. The van der Waals surface area contributed by atoms with Crippen molar-refractivity contribution in [3.63, 3.8) is 0 Å². The third-order valence-electron chi connectivity index (χ3n) is 4.09. The van der Waals surface area contributed by atoms with Gasteiger partial charge >= 0.3 is 7.12 Å². The van der Waals surface area contributed by atoms with Crippen LogP contribution in [0.5, 0.6) is 0 Å². The molecule has 0 aromatic carbocycles. The van der Waals surface area contributed by atoms with E-state index in [-0.39, 0.29) is 17.7 Å². The van der Waals surface area contributed by atoms with Crippen LogP contribution in [0.25, 0.3) is 0 Å². The number of carbonyl (C=O) groups excluding carboxylic acids is 2. The Morgan fingerprint density at radius 1 is 1.35 bits per heavy atom. The molecule has 23 heavy (non-hydrogen) atoms. The molecule has 2 amide bonds. The van der Waals surface area contributed by atoms with Crippen LogP contribution in [0.4, 0.5) is 0 Å². The van der Waals surface area contributed by atoms with E-state index in [2.05, 4.69) is 10.3 Å². The standard InChI is InChI=1S/C15H22BN3O4/c1-10(2)13(18-14(20)11-5-7-17-8-6-11)15(21)19-9-3-4-12(19)16(22)23/h5-8,10,12-13,22-23H,3-4,9H2,1-2H3,(H,18,20)/t12-,13-/m1/s1. The molecule has 0 aliphatic carbocycles. The molecular weight excluding hydrogens is 297 g/mol. The molecule has 1 aliphatic rings. The van der Waals surface area contributed by atoms with Crippen molar-refractivity contribution >= 4 is 18.9 Å². The summed E-state index contributed by atoms with van der Waals surface area (Å²) in [6, 6.07) is 2.44. The van der Waals surface area contributed by atoms with E-state index in [9.17, 15) is 19.6 Å². The molecule has 0 spiro atoms. The molecule has 124 valence electrons. The number of amides is 2. The number of likely N-dealkylation sites (tertiary alicyclic amines) is 1. The lowest BCUT2D eigenvalue weighted by Crippen LogP contribution is -2.55. The first-order valence-electron chi connectivity index (χ1n) is 7.79. The summed E-state index contributed by atoms with van der Waals surface area (Å²) in [6.45, 7) is 4.15. The van der Waals surface area contributed by atoms with Gasteiger partial charge in [0, 0.05) is 24.5 Å². The van der Waals surface area contributed by atoms with Crippen molar-refractivity contribution in [1.82, 2.24) is 15.2 Å². The van der Waals surface area contributed by atoms with Crippen LogP contribution >= 0.6 is 0 Å². The third-order valence-corrected chi connectivity index (χ3v) is 4.09. The van der Waals surface area contributed by atoms with E-state index in [0.717, 1.165) is 6.42 Å². The van der Waals surface area contributed by atoms with Crippen LogP contribution in [0.2, 0.25) is 0 Å². The van der Waals surface area contributed by atoms with Gasteiger partial charge in [-0.05, 0) is 30.9 Å². The monoisotopic (exact) mass is 319 g/mol. The molecule has 2 rings (SSSR count). The van der Waals surface area contributed by atoms with Crippen LogP contribution in [-0.4, -0.2) is 57.4 Å². The smallest absolute Gasteiger partial charge is 0.426 e. The first-order valence-corrected chi connectivity index (χ1v) is 7.79. The molecule has 7 nitrogen and oxygen atoms in total. The summed E-state index contributed by atoms with van der Waals surface area (Å²) in [5.74, 6) is -1.36. The number of aromatic nitrogens is 1. The second kappa shape index (κ2) is 7.56. The fourth-order valence-corrected chi connectivity index (χ4v) is 2.80. The Kier molecular flexibility index (Phi) is 5.73. The SMILES string of the molecule is CC(C)[C@@H](NC(=O)c1ccncc1)C(=O)N1CCC[C@@H]1B(O)O. The van der Waals surface area contributed by atoms with Gasteiger partial charge in [-0.2, -0.15) is 0 Å². The average Bonchev–Trinajstić information content (AvgIpc) is 3.02. The van der Waals surface area contributed by atoms with E-state index in [1.54, 1.807) is 12.1 Å². The molecule has 1 aromatic rings. The van der Waals surface area contributed by atoms with Gasteiger partial charge < -0.3 is 20.3 Å². The van der Waals surface area contributed by atoms with E-state index < -0.39 is 19.1 Å². The molecule has 0 radical (unpaired) electrons. The van der Waals surface area contributed by atoms with Gasteiger partial charge in [-0.25, -0.2) is 0 Å². The van der Waals surface area contributed by atoms with Crippen LogP contribution in [-0.2, 0) is 4.79 Å². The second-order valence-electron chi connectivity index (χ2n) is 6.09. The normalized spacial score (nSPS) is 18.8. The minimum atomic E-state index is -1.56. The third kappa shape index (κ3) is 4.08. The maximum Gasteiger partial charge on any atom is 0.475 e.